The van der Waals surface area contributed by atoms with Gasteiger partial charge in [0.15, 0.2) is 11.5 Å². The maximum absolute atomic E-state index is 11.8. The van der Waals surface area contributed by atoms with Crippen molar-refractivity contribution in [3.05, 3.63) is 54.3 Å². The SMILES string of the molecule is O=C(NN=Cc1ccco1)c1cc(-c2ccco2)[nH]n1. The first-order valence-corrected chi connectivity index (χ1v) is 5.79. The molecule has 0 aromatic carbocycles. The predicted octanol–water partition coefficient (Wildman–Crippen LogP) is 2.03. The van der Waals surface area contributed by atoms with Gasteiger partial charge in [0.1, 0.15) is 11.5 Å². The van der Waals surface area contributed by atoms with Crippen LogP contribution in [-0.4, -0.2) is 22.3 Å². The fraction of sp³-hybridized carbons (Fsp3) is 0. The first-order valence-electron chi connectivity index (χ1n) is 5.79. The zero-order chi connectivity index (χ0) is 13.8. The molecule has 3 aromatic heterocycles. The van der Waals surface area contributed by atoms with Crippen LogP contribution in [0.1, 0.15) is 16.2 Å². The van der Waals surface area contributed by atoms with E-state index in [2.05, 4.69) is 20.7 Å². The number of nitrogens with zero attached hydrogens (tertiary/aromatic N) is 2. The molecular weight excluding hydrogens is 260 g/mol. The largest absolute Gasteiger partial charge is 0.463 e. The fourth-order valence-corrected chi connectivity index (χ4v) is 1.57. The first kappa shape index (κ1) is 12.0. The maximum atomic E-state index is 11.8. The number of hydrazone groups is 1. The highest BCUT2D eigenvalue weighted by molar-refractivity contribution is 5.93. The topological polar surface area (TPSA) is 96.4 Å². The van der Waals surface area contributed by atoms with Crippen LogP contribution in [-0.2, 0) is 0 Å². The molecule has 0 fully saturated rings. The normalized spacial score (nSPS) is 11.0. The number of H-pyrrole nitrogens is 1. The summed E-state index contributed by atoms with van der Waals surface area (Å²) in [5.74, 6) is 0.723. The van der Waals surface area contributed by atoms with Crippen LogP contribution in [0.2, 0.25) is 0 Å². The van der Waals surface area contributed by atoms with Crippen molar-refractivity contribution < 1.29 is 13.6 Å². The third kappa shape index (κ3) is 2.51. The fourth-order valence-electron chi connectivity index (χ4n) is 1.57. The van der Waals surface area contributed by atoms with Crippen molar-refractivity contribution in [1.82, 2.24) is 15.6 Å². The molecule has 0 bridgehead atoms. The summed E-state index contributed by atoms with van der Waals surface area (Å²) < 4.78 is 10.2. The number of furan rings is 2. The summed E-state index contributed by atoms with van der Waals surface area (Å²) in [4.78, 5) is 11.8. The Bertz CT molecular complexity index is 711. The van der Waals surface area contributed by atoms with E-state index >= 15 is 0 Å². The minimum absolute atomic E-state index is 0.216. The highest BCUT2D eigenvalue weighted by atomic mass is 16.3. The van der Waals surface area contributed by atoms with E-state index < -0.39 is 5.91 Å². The summed E-state index contributed by atoms with van der Waals surface area (Å²) in [5.41, 5.74) is 3.19. The molecule has 3 rings (SSSR count). The van der Waals surface area contributed by atoms with Gasteiger partial charge in [-0.1, -0.05) is 0 Å². The molecule has 0 aliphatic carbocycles. The van der Waals surface area contributed by atoms with Gasteiger partial charge in [0, 0.05) is 6.07 Å². The van der Waals surface area contributed by atoms with Gasteiger partial charge < -0.3 is 8.83 Å². The quantitative estimate of drug-likeness (QED) is 0.560. The van der Waals surface area contributed by atoms with Gasteiger partial charge in [-0.25, -0.2) is 5.43 Å². The summed E-state index contributed by atoms with van der Waals surface area (Å²) in [6, 6.07) is 8.55. The number of hydrogen-bond acceptors (Lipinski definition) is 5. The molecule has 3 aromatic rings. The summed E-state index contributed by atoms with van der Waals surface area (Å²) >= 11 is 0. The molecule has 20 heavy (non-hydrogen) atoms. The van der Waals surface area contributed by atoms with E-state index in [1.54, 1.807) is 36.6 Å². The number of amides is 1. The average molecular weight is 270 g/mol. The third-order valence-corrected chi connectivity index (χ3v) is 2.50. The van der Waals surface area contributed by atoms with Crippen molar-refractivity contribution in [3.8, 4) is 11.5 Å². The van der Waals surface area contributed by atoms with Crippen LogP contribution in [0.15, 0.2) is 56.8 Å². The van der Waals surface area contributed by atoms with E-state index in [-0.39, 0.29) is 5.69 Å². The van der Waals surface area contributed by atoms with Gasteiger partial charge in [-0.15, -0.1) is 0 Å². The molecule has 0 radical (unpaired) electrons. The number of nitrogens with one attached hydrogen (secondary N) is 2. The maximum Gasteiger partial charge on any atom is 0.291 e. The molecule has 2 N–H and O–H groups in total. The number of carbonyl (C=O) groups excluding carboxylic acids is 1. The van der Waals surface area contributed by atoms with Crippen molar-refractivity contribution in [2.24, 2.45) is 5.10 Å². The molecule has 7 heteroatoms. The Morgan fingerprint density at radius 2 is 2.15 bits per heavy atom. The predicted molar refractivity (Wildman–Crippen MR) is 70.1 cm³/mol. The lowest BCUT2D eigenvalue weighted by molar-refractivity contribution is 0.0950. The zero-order valence-electron chi connectivity index (χ0n) is 10.2. The van der Waals surface area contributed by atoms with E-state index in [1.807, 2.05) is 0 Å². The highest BCUT2D eigenvalue weighted by Gasteiger charge is 2.11. The van der Waals surface area contributed by atoms with Crippen molar-refractivity contribution in [2.45, 2.75) is 0 Å². The number of aromatic nitrogens is 2. The molecule has 0 aliphatic heterocycles. The summed E-state index contributed by atoms with van der Waals surface area (Å²) in [6.07, 6.45) is 4.47. The first-order chi connectivity index (χ1) is 9.83. The molecule has 0 saturated heterocycles. The van der Waals surface area contributed by atoms with E-state index in [0.717, 1.165) is 0 Å². The summed E-state index contributed by atoms with van der Waals surface area (Å²) in [6.45, 7) is 0. The van der Waals surface area contributed by atoms with Gasteiger partial charge in [-0.05, 0) is 24.3 Å². The molecule has 1 amide bonds. The van der Waals surface area contributed by atoms with Crippen molar-refractivity contribution in [2.75, 3.05) is 0 Å². The standard InChI is InChI=1S/C13H10N4O3/c18-13(17-14-8-9-3-1-5-19-9)11-7-10(15-16-11)12-4-2-6-20-12/h1-8H,(H,15,16)(H,17,18). The van der Waals surface area contributed by atoms with Crippen molar-refractivity contribution >= 4 is 12.1 Å². The number of aromatic amines is 1. The van der Waals surface area contributed by atoms with E-state index in [4.69, 9.17) is 8.83 Å². The van der Waals surface area contributed by atoms with Crippen LogP contribution in [0, 0.1) is 0 Å². The molecule has 0 aliphatic rings. The average Bonchev–Trinajstić information content (AvgIpc) is 3.20. The van der Waals surface area contributed by atoms with Gasteiger partial charge in [-0.2, -0.15) is 10.2 Å². The molecule has 100 valence electrons. The van der Waals surface area contributed by atoms with Crippen LogP contribution in [0.25, 0.3) is 11.5 Å². The number of hydrogen-bond donors (Lipinski definition) is 2. The lowest BCUT2D eigenvalue weighted by atomic mass is 10.3. The second-order valence-corrected chi connectivity index (χ2v) is 3.86. The minimum Gasteiger partial charge on any atom is -0.463 e. The van der Waals surface area contributed by atoms with E-state index in [0.29, 0.717) is 17.2 Å². The summed E-state index contributed by atoms with van der Waals surface area (Å²) in [5, 5.41) is 10.4. The van der Waals surface area contributed by atoms with E-state index in [1.165, 1.54) is 12.5 Å². The van der Waals surface area contributed by atoms with Gasteiger partial charge in [0.25, 0.3) is 5.91 Å². The van der Waals surface area contributed by atoms with E-state index in [9.17, 15) is 4.79 Å². The Hall–Kier alpha value is -3.09. The second-order valence-electron chi connectivity index (χ2n) is 3.86. The molecule has 3 heterocycles. The minimum atomic E-state index is -0.429. The van der Waals surface area contributed by atoms with Crippen LogP contribution in [0.4, 0.5) is 0 Å². The van der Waals surface area contributed by atoms with Gasteiger partial charge in [0.05, 0.1) is 18.7 Å². The lowest BCUT2D eigenvalue weighted by Crippen LogP contribution is -2.17. The monoisotopic (exact) mass is 270 g/mol. The second kappa shape index (κ2) is 5.27. The molecule has 0 saturated carbocycles. The van der Waals surface area contributed by atoms with Gasteiger partial charge >= 0.3 is 0 Å². The van der Waals surface area contributed by atoms with Gasteiger partial charge in [-0.3, -0.25) is 9.89 Å². The molecule has 0 atom stereocenters. The Morgan fingerprint density at radius 3 is 2.90 bits per heavy atom. The van der Waals surface area contributed by atoms with Crippen molar-refractivity contribution in [1.29, 1.82) is 0 Å². The zero-order valence-corrected chi connectivity index (χ0v) is 10.2. The van der Waals surface area contributed by atoms with Crippen LogP contribution < -0.4 is 5.43 Å². The third-order valence-electron chi connectivity index (χ3n) is 2.50. The Kier molecular flexibility index (Phi) is 3.15. The Labute approximate surface area is 113 Å². The van der Waals surface area contributed by atoms with Crippen LogP contribution in [0.5, 0.6) is 0 Å². The molecule has 7 nitrogen and oxygen atoms in total. The van der Waals surface area contributed by atoms with Gasteiger partial charge in [0.2, 0.25) is 0 Å². The number of carbonyl (C=O) groups is 1. The lowest BCUT2D eigenvalue weighted by Gasteiger charge is -1.93. The van der Waals surface area contributed by atoms with Crippen LogP contribution >= 0.6 is 0 Å². The molecular formula is C13H10N4O3. The number of rotatable bonds is 4. The van der Waals surface area contributed by atoms with Crippen molar-refractivity contribution in [3.63, 3.8) is 0 Å². The Morgan fingerprint density at radius 1 is 1.30 bits per heavy atom. The smallest absolute Gasteiger partial charge is 0.291 e. The molecule has 0 unspecified atom stereocenters. The molecule has 0 spiro atoms. The Balaban J connectivity index is 1.66. The summed E-state index contributed by atoms with van der Waals surface area (Å²) in [7, 11) is 0. The van der Waals surface area contributed by atoms with Crippen LogP contribution in [0.3, 0.4) is 0 Å². The highest BCUT2D eigenvalue weighted by Crippen LogP contribution is 2.17.